The molecule has 0 heterocycles. The van der Waals surface area contributed by atoms with Crippen LogP contribution in [0.5, 0.6) is 5.75 Å². The van der Waals surface area contributed by atoms with Gasteiger partial charge in [-0.15, -0.1) is 0 Å². The minimum Gasteiger partial charge on any atom is -0.489 e. The molecular formula is C15H16FN3O5S. The van der Waals surface area contributed by atoms with Crippen LogP contribution in [0, 0.1) is 15.9 Å². The van der Waals surface area contributed by atoms with Crippen molar-refractivity contribution < 1.29 is 22.5 Å². The third kappa shape index (κ3) is 4.64. The molecule has 0 saturated carbocycles. The number of para-hydroxylation sites is 1. The van der Waals surface area contributed by atoms with Crippen molar-refractivity contribution >= 4 is 21.4 Å². The molecule has 2 rings (SSSR count). The average molecular weight is 369 g/mol. The van der Waals surface area contributed by atoms with E-state index in [9.17, 15) is 22.9 Å². The molecule has 0 fully saturated rings. The maximum absolute atomic E-state index is 13.4. The Morgan fingerprint density at radius 2 is 1.96 bits per heavy atom. The van der Waals surface area contributed by atoms with Crippen LogP contribution in [0.2, 0.25) is 0 Å². The molecule has 0 unspecified atom stereocenters. The summed E-state index contributed by atoms with van der Waals surface area (Å²) in [5.41, 5.74) is -0.251. The monoisotopic (exact) mass is 369 g/mol. The number of sulfonamides is 1. The Hall–Kier alpha value is -2.72. The minimum atomic E-state index is -3.79. The molecule has 0 saturated heterocycles. The Morgan fingerprint density at radius 1 is 1.24 bits per heavy atom. The predicted molar refractivity (Wildman–Crippen MR) is 89.7 cm³/mol. The first kappa shape index (κ1) is 18.6. The van der Waals surface area contributed by atoms with Gasteiger partial charge in [-0.05, 0) is 31.3 Å². The number of benzene rings is 2. The Balaban J connectivity index is 2.06. The second-order valence-electron chi connectivity index (χ2n) is 4.85. The number of rotatable bonds is 8. The zero-order chi connectivity index (χ0) is 18.4. The molecular weight excluding hydrogens is 353 g/mol. The summed E-state index contributed by atoms with van der Waals surface area (Å²) in [5.74, 6) is -0.427. The molecule has 0 bridgehead atoms. The number of nitrogens with zero attached hydrogens (tertiary/aromatic N) is 1. The van der Waals surface area contributed by atoms with E-state index in [1.165, 1.54) is 37.4 Å². The second kappa shape index (κ2) is 7.90. The van der Waals surface area contributed by atoms with Crippen molar-refractivity contribution in [3.05, 3.63) is 58.4 Å². The highest BCUT2D eigenvalue weighted by Crippen LogP contribution is 2.27. The van der Waals surface area contributed by atoms with Crippen LogP contribution in [0.25, 0.3) is 0 Å². The molecule has 134 valence electrons. The summed E-state index contributed by atoms with van der Waals surface area (Å²) in [6.45, 7) is 0.224. The van der Waals surface area contributed by atoms with Gasteiger partial charge in [0.2, 0.25) is 10.0 Å². The van der Waals surface area contributed by atoms with E-state index in [4.69, 9.17) is 4.74 Å². The average Bonchev–Trinajstić information content (AvgIpc) is 2.60. The molecule has 0 aliphatic carbocycles. The first-order valence-electron chi connectivity index (χ1n) is 7.18. The molecule has 8 nitrogen and oxygen atoms in total. The zero-order valence-electron chi connectivity index (χ0n) is 13.2. The van der Waals surface area contributed by atoms with Gasteiger partial charge in [-0.3, -0.25) is 10.1 Å². The molecule has 0 atom stereocenters. The molecule has 0 radical (unpaired) electrons. The summed E-state index contributed by atoms with van der Waals surface area (Å²) >= 11 is 0. The minimum absolute atomic E-state index is 0.0641. The topological polar surface area (TPSA) is 111 Å². The van der Waals surface area contributed by atoms with E-state index < -0.39 is 20.8 Å². The summed E-state index contributed by atoms with van der Waals surface area (Å²) in [4.78, 5) is 10.3. The van der Waals surface area contributed by atoms with Crippen LogP contribution in [0.3, 0.4) is 0 Å². The second-order valence-corrected chi connectivity index (χ2v) is 6.74. The summed E-state index contributed by atoms with van der Waals surface area (Å²) in [7, 11) is -2.57. The van der Waals surface area contributed by atoms with Crippen molar-refractivity contribution in [1.82, 2.24) is 4.72 Å². The molecule has 0 aliphatic heterocycles. The van der Waals surface area contributed by atoms with E-state index in [1.807, 2.05) is 0 Å². The van der Waals surface area contributed by atoms with Crippen molar-refractivity contribution in [2.45, 2.75) is 4.90 Å². The highest BCUT2D eigenvalue weighted by Gasteiger charge is 2.20. The zero-order valence-corrected chi connectivity index (χ0v) is 14.0. The highest BCUT2D eigenvalue weighted by atomic mass is 32.2. The van der Waals surface area contributed by atoms with Crippen LogP contribution in [0.1, 0.15) is 0 Å². The van der Waals surface area contributed by atoms with E-state index in [2.05, 4.69) is 10.0 Å². The number of nitro benzene ring substituents is 1. The van der Waals surface area contributed by atoms with Gasteiger partial charge < -0.3 is 10.1 Å². The lowest BCUT2D eigenvalue weighted by atomic mass is 10.2. The van der Waals surface area contributed by atoms with Gasteiger partial charge in [-0.1, -0.05) is 12.1 Å². The lowest BCUT2D eigenvalue weighted by molar-refractivity contribution is -0.384. The smallest absolute Gasteiger partial charge is 0.293 e. The lowest BCUT2D eigenvalue weighted by Gasteiger charge is -2.10. The molecule has 2 N–H and O–H groups in total. The maximum Gasteiger partial charge on any atom is 0.293 e. The van der Waals surface area contributed by atoms with Crippen molar-refractivity contribution in [1.29, 1.82) is 0 Å². The van der Waals surface area contributed by atoms with Gasteiger partial charge in [-0.2, -0.15) is 0 Å². The molecule has 2 aromatic carbocycles. The number of nitrogens with one attached hydrogen (secondary N) is 2. The summed E-state index contributed by atoms with van der Waals surface area (Å²) < 4.78 is 44.2. The third-order valence-electron chi connectivity index (χ3n) is 3.26. The van der Waals surface area contributed by atoms with Crippen molar-refractivity contribution in [3.8, 4) is 5.75 Å². The molecule has 0 aromatic heterocycles. The third-order valence-corrected chi connectivity index (χ3v) is 4.67. The quantitative estimate of drug-likeness (QED) is 0.419. The van der Waals surface area contributed by atoms with E-state index in [0.29, 0.717) is 0 Å². The Morgan fingerprint density at radius 3 is 2.60 bits per heavy atom. The predicted octanol–water partition coefficient (Wildman–Crippen LogP) is 2.13. The first-order chi connectivity index (χ1) is 11.8. The van der Waals surface area contributed by atoms with Gasteiger partial charge in [-0.25, -0.2) is 17.5 Å². The fraction of sp³-hybridized carbons (Fsp3) is 0.200. The summed E-state index contributed by atoms with van der Waals surface area (Å²) in [6, 6.07) is 9.39. The number of hydrogen-bond acceptors (Lipinski definition) is 6. The lowest BCUT2D eigenvalue weighted by Crippen LogP contribution is -2.19. The van der Waals surface area contributed by atoms with Crippen molar-refractivity contribution in [3.63, 3.8) is 0 Å². The van der Waals surface area contributed by atoms with Gasteiger partial charge in [0.15, 0.2) is 11.6 Å². The molecule has 10 heteroatoms. The van der Waals surface area contributed by atoms with Crippen LogP contribution < -0.4 is 14.8 Å². The molecule has 0 amide bonds. The van der Waals surface area contributed by atoms with Crippen LogP contribution in [-0.2, 0) is 10.0 Å². The Labute approximate surface area is 143 Å². The molecule has 0 spiro atoms. The first-order valence-corrected chi connectivity index (χ1v) is 8.66. The Kier molecular flexibility index (Phi) is 5.88. The fourth-order valence-electron chi connectivity index (χ4n) is 2.01. The number of halogens is 1. The maximum atomic E-state index is 13.4. The Bertz CT molecular complexity index is 873. The fourth-order valence-corrected chi connectivity index (χ4v) is 2.76. The number of nitro groups is 1. The normalized spacial score (nSPS) is 11.1. The summed E-state index contributed by atoms with van der Waals surface area (Å²) in [5, 5.41) is 13.9. The number of anilines is 1. The van der Waals surface area contributed by atoms with E-state index >= 15 is 0 Å². The SMILES string of the molecule is CNS(=O)(=O)c1ccc(NCCOc2ccccc2F)c([N+](=O)[O-])c1. The molecule has 2 aromatic rings. The number of ether oxygens (including phenoxy) is 1. The van der Waals surface area contributed by atoms with Crippen molar-refractivity contribution in [2.24, 2.45) is 0 Å². The van der Waals surface area contributed by atoms with E-state index in [0.717, 1.165) is 6.07 Å². The van der Waals surface area contributed by atoms with Crippen molar-refractivity contribution in [2.75, 3.05) is 25.5 Å². The molecule has 0 aliphatic rings. The van der Waals surface area contributed by atoms with Crippen LogP contribution in [0.4, 0.5) is 15.8 Å². The van der Waals surface area contributed by atoms with Crippen LogP contribution in [-0.4, -0.2) is 33.5 Å². The number of hydrogen-bond donors (Lipinski definition) is 2. The van der Waals surface area contributed by atoms with Gasteiger partial charge >= 0.3 is 0 Å². The van der Waals surface area contributed by atoms with Gasteiger partial charge in [0.05, 0.1) is 9.82 Å². The highest BCUT2D eigenvalue weighted by molar-refractivity contribution is 7.89. The van der Waals surface area contributed by atoms with Crippen LogP contribution >= 0.6 is 0 Å². The van der Waals surface area contributed by atoms with E-state index in [1.54, 1.807) is 6.07 Å². The summed E-state index contributed by atoms with van der Waals surface area (Å²) in [6.07, 6.45) is 0. The van der Waals surface area contributed by atoms with Gasteiger partial charge in [0, 0.05) is 12.6 Å². The van der Waals surface area contributed by atoms with Crippen LogP contribution in [0.15, 0.2) is 47.4 Å². The van der Waals surface area contributed by atoms with E-state index in [-0.39, 0.29) is 35.2 Å². The molecule has 25 heavy (non-hydrogen) atoms. The van der Waals surface area contributed by atoms with Gasteiger partial charge in [0.1, 0.15) is 12.3 Å². The van der Waals surface area contributed by atoms with Gasteiger partial charge in [0.25, 0.3) is 5.69 Å². The largest absolute Gasteiger partial charge is 0.489 e. The standard InChI is InChI=1S/C15H16FN3O5S/c1-17-25(22,23)11-6-7-13(14(10-11)19(20)21)18-8-9-24-15-5-3-2-4-12(15)16/h2-7,10,17-18H,8-9H2,1H3.